The highest BCUT2D eigenvalue weighted by molar-refractivity contribution is 9.10. The molecule has 0 aliphatic carbocycles. The molecule has 134 valence electrons. The number of carbonyl (C=O) groups excluding carboxylic acids is 2. The Balaban J connectivity index is 3.21. The lowest BCUT2D eigenvalue weighted by Crippen LogP contribution is -2.44. The van der Waals surface area contributed by atoms with E-state index in [1.165, 1.54) is 19.1 Å². The first-order valence-corrected chi connectivity index (χ1v) is 8.30. The van der Waals surface area contributed by atoms with Crippen LogP contribution in [0.4, 0.5) is 4.79 Å². The molecule has 6 nitrogen and oxygen atoms in total. The molecular weight excluding hydrogens is 378 g/mol. The number of halogens is 1. The van der Waals surface area contributed by atoms with Gasteiger partial charge in [0.1, 0.15) is 5.60 Å². The summed E-state index contributed by atoms with van der Waals surface area (Å²) in [6.07, 6.45) is -0.599. The molecule has 0 heterocycles. The Hall–Kier alpha value is -1.60. The van der Waals surface area contributed by atoms with Crippen molar-refractivity contribution < 1.29 is 23.8 Å². The average Bonchev–Trinajstić information content (AvgIpc) is 2.50. The van der Waals surface area contributed by atoms with Gasteiger partial charge >= 0.3 is 12.1 Å². The predicted molar refractivity (Wildman–Crippen MR) is 93.7 cm³/mol. The Bertz CT molecular complexity index is 553. The lowest BCUT2D eigenvalue weighted by molar-refractivity contribution is -0.147. The van der Waals surface area contributed by atoms with Crippen LogP contribution in [-0.4, -0.2) is 49.9 Å². The highest BCUT2D eigenvalue weighted by Crippen LogP contribution is 2.26. The van der Waals surface area contributed by atoms with Crippen LogP contribution < -0.4 is 0 Å². The third kappa shape index (κ3) is 6.13. The first kappa shape index (κ1) is 20.4. The molecule has 0 radical (unpaired) electrons. The Labute approximate surface area is 151 Å². The van der Waals surface area contributed by atoms with Crippen LogP contribution in [0.25, 0.3) is 0 Å². The molecule has 0 bridgehead atoms. The Morgan fingerprint density at radius 3 is 2.21 bits per heavy atom. The number of ether oxygens (including phenoxy) is 3. The average molecular weight is 402 g/mol. The molecular formula is C17H24BrNO5. The second-order valence-corrected chi connectivity index (χ2v) is 7.06. The van der Waals surface area contributed by atoms with E-state index in [0.717, 1.165) is 4.47 Å². The number of rotatable bonds is 6. The van der Waals surface area contributed by atoms with Gasteiger partial charge in [-0.15, -0.1) is 0 Å². The first-order valence-electron chi connectivity index (χ1n) is 7.51. The molecule has 24 heavy (non-hydrogen) atoms. The minimum absolute atomic E-state index is 0.196. The fourth-order valence-corrected chi connectivity index (χ4v) is 2.30. The SMILES string of the molecule is COCCN(C(=O)OC(C)(C)C)C(C(=O)OC)c1ccc(Br)cc1. The van der Waals surface area contributed by atoms with E-state index in [4.69, 9.17) is 14.2 Å². The number of benzene rings is 1. The van der Waals surface area contributed by atoms with Crippen LogP contribution in [0.2, 0.25) is 0 Å². The summed E-state index contributed by atoms with van der Waals surface area (Å²) < 4.78 is 16.3. The lowest BCUT2D eigenvalue weighted by atomic mass is 10.1. The molecule has 0 aliphatic heterocycles. The fraction of sp³-hybridized carbons (Fsp3) is 0.529. The van der Waals surface area contributed by atoms with E-state index >= 15 is 0 Å². The van der Waals surface area contributed by atoms with E-state index in [9.17, 15) is 9.59 Å². The van der Waals surface area contributed by atoms with Crippen LogP contribution in [0.3, 0.4) is 0 Å². The molecule has 1 unspecified atom stereocenters. The van der Waals surface area contributed by atoms with Crippen LogP contribution in [0.1, 0.15) is 32.4 Å². The van der Waals surface area contributed by atoms with Gasteiger partial charge in [-0.05, 0) is 38.5 Å². The molecule has 0 saturated carbocycles. The number of amides is 1. The van der Waals surface area contributed by atoms with Gasteiger partial charge in [-0.2, -0.15) is 0 Å². The van der Waals surface area contributed by atoms with Crippen molar-refractivity contribution in [3.63, 3.8) is 0 Å². The zero-order valence-corrected chi connectivity index (χ0v) is 16.3. The van der Waals surface area contributed by atoms with Gasteiger partial charge in [0.15, 0.2) is 6.04 Å². The topological polar surface area (TPSA) is 65.1 Å². The maximum atomic E-state index is 12.6. The van der Waals surface area contributed by atoms with E-state index in [2.05, 4.69) is 15.9 Å². The predicted octanol–water partition coefficient (Wildman–Crippen LogP) is 3.55. The Kier molecular flexibility index (Phi) is 7.69. The molecule has 1 rings (SSSR count). The minimum Gasteiger partial charge on any atom is -0.467 e. The van der Waals surface area contributed by atoms with Gasteiger partial charge < -0.3 is 14.2 Å². The lowest BCUT2D eigenvalue weighted by Gasteiger charge is -2.32. The van der Waals surface area contributed by atoms with Crippen molar-refractivity contribution in [1.82, 2.24) is 4.90 Å². The molecule has 0 aliphatic rings. The number of hydrogen-bond acceptors (Lipinski definition) is 5. The van der Waals surface area contributed by atoms with Gasteiger partial charge in [0.2, 0.25) is 0 Å². The number of carbonyl (C=O) groups is 2. The summed E-state index contributed by atoms with van der Waals surface area (Å²) in [6.45, 7) is 5.77. The maximum absolute atomic E-state index is 12.6. The molecule has 7 heteroatoms. The Morgan fingerprint density at radius 2 is 1.75 bits per heavy atom. The van der Waals surface area contributed by atoms with E-state index in [1.54, 1.807) is 45.0 Å². The number of methoxy groups -OCH3 is 2. The quantitative estimate of drug-likeness (QED) is 0.681. The molecule has 0 spiro atoms. The third-order valence-electron chi connectivity index (χ3n) is 3.09. The molecule has 0 N–H and O–H groups in total. The minimum atomic E-state index is -0.909. The number of nitrogens with zero attached hydrogens (tertiary/aromatic N) is 1. The Morgan fingerprint density at radius 1 is 1.17 bits per heavy atom. The third-order valence-corrected chi connectivity index (χ3v) is 3.61. The van der Waals surface area contributed by atoms with Crippen LogP contribution in [-0.2, 0) is 19.0 Å². The highest BCUT2D eigenvalue weighted by atomic mass is 79.9. The number of esters is 1. The number of hydrogen-bond donors (Lipinski definition) is 0. The van der Waals surface area contributed by atoms with Crippen molar-refractivity contribution in [2.45, 2.75) is 32.4 Å². The molecule has 0 saturated heterocycles. The second kappa shape index (κ2) is 9.03. The molecule has 1 atom stereocenters. The molecule has 0 aromatic heterocycles. The van der Waals surface area contributed by atoms with E-state index < -0.39 is 23.7 Å². The van der Waals surface area contributed by atoms with E-state index in [0.29, 0.717) is 5.56 Å². The summed E-state index contributed by atoms with van der Waals surface area (Å²) >= 11 is 3.35. The molecule has 0 fully saturated rings. The fourth-order valence-electron chi connectivity index (χ4n) is 2.04. The van der Waals surface area contributed by atoms with Crippen molar-refractivity contribution in [2.75, 3.05) is 27.4 Å². The van der Waals surface area contributed by atoms with Crippen LogP contribution >= 0.6 is 15.9 Å². The van der Waals surface area contributed by atoms with Gasteiger partial charge in [0.05, 0.1) is 13.7 Å². The van der Waals surface area contributed by atoms with Crippen molar-refractivity contribution in [3.8, 4) is 0 Å². The van der Waals surface area contributed by atoms with Crippen LogP contribution in [0, 0.1) is 0 Å². The molecule has 1 aromatic rings. The first-order chi connectivity index (χ1) is 11.2. The molecule has 1 aromatic carbocycles. The van der Waals surface area contributed by atoms with Gasteiger partial charge in [-0.25, -0.2) is 9.59 Å². The summed E-state index contributed by atoms with van der Waals surface area (Å²) in [5.74, 6) is -0.542. The zero-order valence-electron chi connectivity index (χ0n) is 14.7. The van der Waals surface area contributed by atoms with Crippen molar-refractivity contribution in [2.24, 2.45) is 0 Å². The summed E-state index contributed by atoms with van der Waals surface area (Å²) in [6, 6.07) is 6.21. The van der Waals surface area contributed by atoms with E-state index in [-0.39, 0.29) is 13.2 Å². The van der Waals surface area contributed by atoms with Crippen molar-refractivity contribution in [1.29, 1.82) is 0 Å². The standard InChI is InChI=1S/C17H24BrNO5/c1-17(2,3)24-16(21)19(10-11-22-4)14(15(20)23-5)12-6-8-13(18)9-7-12/h6-9,14H,10-11H2,1-5H3. The van der Waals surface area contributed by atoms with Crippen molar-refractivity contribution >= 4 is 28.0 Å². The van der Waals surface area contributed by atoms with Gasteiger partial charge in [0, 0.05) is 18.1 Å². The zero-order chi connectivity index (χ0) is 18.3. The maximum Gasteiger partial charge on any atom is 0.411 e. The van der Waals surface area contributed by atoms with Gasteiger partial charge in [-0.1, -0.05) is 28.1 Å². The van der Waals surface area contributed by atoms with Crippen molar-refractivity contribution in [3.05, 3.63) is 34.3 Å². The monoisotopic (exact) mass is 401 g/mol. The molecule has 1 amide bonds. The summed E-state index contributed by atoms with van der Waals surface area (Å²) in [5, 5.41) is 0. The summed E-state index contributed by atoms with van der Waals surface area (Å²) in [4.78, 5) is 26.3. The van der Waals surface area contributed by atoms with Gasteiger partial charge in [-0.3, -0.25) is 4.90 Å². The van der Waals surface area contributed by atoms with E-state index in [1.807, 2.05) is 0 Å². The largest absolute Gasteiger partial charge is 0.467 e. The smallest absolute Gasteiger partial charge is 0.411 e. The summed E-state index contributed by atoms with van der Waals surface area (Å²) in [7, 11) is 2.82. The second-order valence-electron chi connectivity index (χ2n) is 6.14. The van der Waals surface area contributed by atoms with Crippen LogP contribution in [0.15, 0.2) is 28.7 Å². The van der Waals surface area contributed by atoms with Crippen LogP contribution in [0.5, 0.6) is 0 Å². The summed E-state index contributed by atoms with van der Waals surface area (Å²) in [5.41, 5.74) is -0.0463. The highest BCUT2D eigenvalue weighted by Gasteiger charge is 2.34. The van der Waals surface area contributed by atoms with Gasteiger partial charge in [0.25, 0.3) is 0 Å². The normalized spacial score (nSPS) is 12.4.